The number of fused-ring (bicyclic) bond motifs is 1. The van der Waals surface area contributed by atoms with E-state index in [2.05, 4.69) is 31.3 Å². The van der Waals surface area contributed by atoms with Gasteiger partial charge in [-0.05, 0) is 55.4 Å². The van der Waals surface area contributed by atoms with E-state index in [-0.39, 0.29) is 12.5 Å². The van der Waals surface area contributed by atoms with Crippen LogP contribution < -0.4 is 10.1 Å². The lowest BCUT2D eigenvalue weighted by Crippen LogP contribution is -2.38. The molecular weight excluding hydrogens is 238 g/mol. The maximum atomic E-state index is 9.25. The first-order valence-electron chi connectivity index (χ1n) is 7.19. The minimum atomic E-state index is 0.228. The maximum absolute atomic E-state index is 9.25. The lowest BCUT2D eigenvalue weighted by atomic mass is 9.86. The van der Waals surface area contributed by atoms with Gasteiger partial charge in [0.1, 0.15) is 5.75 Å². The Morgan fingerprint density at radius 1 is 1.42 bits per heavy atom. The third-order valence-electron chi connectivity index (χ3n) is 4.27. The van der Waals surface area contributed by atoms with Gasteiger partial charge in [0.15, 0.2) is 0 Å². The molecule has 0 saturated heterocycles. The molecule has 106 valence electrons. The number of aryl methyl sites for hydroxylation is 1. The van der Waals surface area contributed by atoms with Crippen LogP contribution in [0, 0.1) is 5.92 Å². The monoisotopic (exact) mass is 263 g/mol. The molecule has 3 heteroatoms. The van der Waals surface area contributed by atoms with Gasteiger partial charge in [-0.2, -0.15) is 0 Å². The van der Waals surface area contributed by atoms with Gasteiger partial charge in [0.25, 0.3) is 0 Å². The molecule has 0 fully saturated rings. The van der Waals surface area contributed by atoms with Gasteiger partial charge in [-0.15, -0.1) is 0 Å². The number of aliphatic hydroxyl groups excluding tert-OH is 1. The lowest BCUT2D eigenvalue weighted by molar-refractivity contribution is 0.198. The van der Waals surface area contributed by atoms with Crippen LogP contribution in [0.2, 0.25) is 0 Å². The zero-order valence-corrected chi connectivity index (χ0v) is 12.1. The van der Waals surface area contributed by atoms with Crippen LogP contribution in [0.4, 0.5) is 0 Å². The second-order valence-electron chi connectivity index (χ2n) is 5.62. The highest BCUT2D eigenvalue weighted by molar-refractivity contribution is 5.39. The van der Waals surface area contributed by atoms with Crippen molar-refractivity contribution in [3.63, 3.8) is 0 Å². The number of nitrogens with one attached hydrogen (secondary N) is 1. The van der Waals surface area contributed by atoms with Crippen molar-refractivity contribution in [2.45, 2.75) is 45.2 Å². The van der Waals surface area contributed by atoms with Crippen molar-refractivity contribution in [2.24, 2.45) is 5.92 Å². The summed E-state index contributed by atoms with van der Waals surface area (Å²) in [6.45, 7) is 4.45. The highest BCUT2D eigenvalue weighted by Crippen LogP contribution is 2.33. The Balaban J connectivity index is 2.16. The molecule has 19 heavy (non-hydrogen) atoms. The topological polar surface area (TPSA) is 41.5 Å². The lowest BCUT2D eigenvalue weighted by Gasteiger charge is -2.31. The first-order valence-corrected chi connectivity index (χ1v) is 7.19. The zero-order chi connectivity index (χ0) is 13.8. The summed E-state index contributed by atoms with van der Waals surface area (Å²) in [5, 5.41) is 12.9. The maximum Gasteiger partial charge on any atom is 0.119 e. The Morgan fingerprint density at radius 2 is 2.21 bits per heavy atom. The predicted molar refractivity (Wildman–Crippen MR) is 77.5 cm³/mol. The van der Waals surface area contributed by atoms with E-state index in [1.54, 1.807) is 7.11 Å². The highest BCUT2D eigenvalue weighted by Gasteiger charge is 2.23. The number of aliphatic hydroxyl groups is 1. The summed E-state index contributed by atoms with van der Waals surface area (Å²) in [6, 6.07) is 7.07. The van der Waals surface area contributed by atoms with E-state index in [1.807, 2.05) is 6.07 Å². The summed E-state index contributed by atoms with van der Waals surface area (Å²) in [6.07, 6.45) is 3.53. The van der Waals surface area contributed by atoms with E-state index in [0.717, 1.165) is 18.6 Å². The third kappa shape index (κ3) is 3.28. The molecule has 3 nitrogen and oxygen atoms in total. The second-order valence-corrected chi connectivity index (χ2v) is 5.62. The molecule has 0 spiro atoms. The minimum absolute atomic E-state index is 0.228. The van der Waals surface area contributed by atoms with Crippen molar-refractivity contribution in [2.75, 3.05) is 13.7 Å². The number of benzene rings is 1. The fourth-order valence-corrected chi connectivity index (χ4v) is 2.72. The Morgan fingerprint density at radius 3 is 2.89 bits per heavy atom. The van der Waals surface area contributed by atoms with Gasteiger partial charge in [0.05, 0.1) is 7.11 Å². The molecule has 0 bridgehead atoms. The summed E-state index contributed by atoms with van der Waals surface area (Å²) in [7, 11) is 1.71. The standard InChI is InChI=1S/C16H25NO2/c1-11(10-18)12(2)17-16-6-4-5-13-7-8-14(19-3)9-15(13)16/h7-9,11-12,16-18H,4-6,10H2,1-3H3. The van der Waals surface area contributed by atoms with Gasteiger partial charge in [0.2, 0.25) is 0 Å². The summed E-state index contributed by atoms with van der Waals surface area (Å²) < 4.78 is 5.33. The minimum Gasteiger partial charge on any atom is -0.497 e. The average Bonchev–Trinajstić information content (AvgIpc) is 2.46. The molecule has 3 unspecified atom stereocenters. The molecule has 0 aliphatic heterocycles. The van der Waals surface area contributed by atoms with Crippen molar-refractivity contribution >= 4 is 0 Å². The van der Waals surface area contributed by atoms with Crippen LogP contribution in [0.15, 0.2) is 18.2 Å². The van der Waals surface area contributed by atoms with Gasteiger partial charge in [-0.3, -0.25) is 0 Å². The Labute approximate surface area is 116 Å². The molecule has 2 N–H and O–H groups in total. The first kappa shape index (κ1) is 14.4. The Bertz CT molecular complexity index is 419. The van der Waals surface area contributed by atoms with E-state index < -0.39 is 0 Å². The van der Waals surface area contributed by atoms with E-state index >= 15 is 0 Å². The van der Waals surface area contributed by atoms with Crippen LogP contribution in [0.25, 0.3) is 0 Å². The molecular formula is C16H25NO2. The smallest absolute Gasteiger partial charge is 0.119 e. The highest BCUT2D eigenvalue weighted by atomic mass is 16.5. The van der Waals surface area contributed by atoms with Crippen molar-refractivity contribution in [1.29, 1.82) is 0 Å². The summed E-state index contributed by atoms with van der Waals surface area (Å²) >= 11 is 0. The number of methoxy groups -OCH3 is 1. The normalized spacial score (nSPS) is 21.6. The van der Waals surface area contributed by atoms with Crippen LogP contribution in [0.1, 0.15) is 43.9 Å². The molecule has 1 aromatic carbocycles. The second kappa shape index (κ2) is 6.40. The summed E-state index contributed by atoms with van der Waals surface area (Å²) in [5.74, 6) is 1.20. The van der Waals surface area contributed by atoms with Crippen LogP contribution >= 0.6 is 0 Å². The first-order chi connectivity index (χ1) is 9.15. The number of ether oxygens (including phenoxy) is 1. The van der Waals surface area contributed by atoms with Gasteiger partial charge < -0.3 is 15.2 Å². The largest absolute Gasteiger partial charge is 0.497 e. The Kier molecular flexibility index (Phi) is 4.83. The zero-order valence-electron chi connectivity index (χ0n) is 12.1. The predicted octanol–water partition coefficient (Wildman–Crippen LogP) is 2.68. The molecule has 0 aromatic heterocycles. The van der Waals surface area contributed by atoms with Crippen molar-refractivity contribution < 1.29 is 9.84 Å². The molecule has 1 aliphatic carbocycles. The van der Waals surface area contributed by atoms with E-state index in [9.17, 15) is 5.11 Å². The number of hydrogen-bond donors (Lipinski definition) is 2. The van der Waals surface area contributed by atoms with E-state index in [1.165, 1.54) is 17.5 Å². The van der Waals surface area contributed by atoms with Crippen molar-refractivity contribution in [3.8, 4) is 5.75 Å². The fourth-order valence-electron chi connectivity index (χ4n) is 2.72. The summed E-state index contributed by atoms with van der Waals surface area (Å²) in [4.78, 5) is 0. The van der Waals surface area contributed by atoms with Gasteiger partial charge in [-0.25, -0.2) is 0 Å². The van der Waals surface area contributed by atoms with Crippen LogP contribution in [-0.4, -0.2) is 24.9 Å². The van der Waals surface area contributed by atoms with Gasteiger partial charge in [-0.1, -0.05) is 13.0 Å². The molecule has 1 aliphatic rings. The number of hydrogen-bond acceptors (Lipinski definition) is 3. The molecule has 0 saturated carbocycles. The van der Waals surface area contributed by atoms with Crippen LogP contribution in [0.3, 0.4) is 0 Å². The molecule has 0 amide bonds. The van der Waals surface area contributed by atoms with E-state index in [4.69, 9.17) is 4.74 Å². The molecule has 2 rings (SSSR count). The molecule has 0 heterocycles. The fraction of sp³-hybridized carbons (Fsp3) is 0.625. The molecule has 1 aromatic rings. The van der Waals surface area contributed by atoms with Crippen LogP contribution in [-0.2, 0) is 6.42 Å². The van der Waals surface area contributed by atoms with E-state index in [0.29, 0.717) is 12.1 Å². The molecule has 0 radical (unpaired) electrons. The van der Waals surface area contributed by atoms with Crippen molar-refractivity contribution in [1.82, 2.24) is 5.32 Å². The SMILES string of the molecule is COc1ccc2c(c1)C(NC(C)C(C)CO)CCC2. The average molecular weight is 263 g/mol. The third-order valence-corrected chi connectivity index (χ3v) is 4.27. The molecule has 3 atom stereocenters. The van der Waals surface area contributed by atoms with Gasteiger partial charge in [0, 0.05) is 18.7 Å². The van der Waals surface area contributed by atoms with Crippen molar-refractivity contribution in [3.05, 3.63) is 29.3 Å². The quantitative estimate of drug-likeness (QED) is 0.858. The summed E-state index contributed by atoms with van der Waals surface area (Å²) in [5.41, 5.74) is 2.79. The Hall–Kier alpha value is -1.06. The van der Waals surface area contributed by atoms with Gasteiger partial charge >= 0.3 is 0 Å². The van der Waals surface area contributed by atoms with Crippen LogP contribution in [0.5, 0.6) is 5.75 Å². The number of rotatable bonds is 5.